The first kappa shape index (κ1) is 70.8. The van der Waals surface area contributed by atoms with Crippen LogP contribution in [-0.4, -0.2) is 97.1 Å². The normalized spacial score (nSPS) is 25.5. The average molecular weight is 1420 g/mol. The summed E-state index contributed by atoms with van der Waals surface area (Å²) in [4.78, 5) is 55.1. The number of carbonyl (C=O) groups is 4. The molecular weight excluding hydrogens is 1350 g/mol. The van der Waals surface area contributed by atoms with Crippen LogP contribution in [0.4, 0.5) is 26.3 Å². The third-order valence-corrected chi connectivity index (χ3v) is 25.0. The van der Waals surface area contributed by atoms with Crippen LogP contribution in [0.3, 0.4) is 0 Å². The van der Waals surface area contributed by atoms with Crippen LogP contribution in [0.15, 0.2) is 197 Å². The van der Waals surface area contributed by atoms with E-state index in [4.69, 9.17) is 14.2 Å². The van der Waals surface area contributed by atoms with Gasteiger partial charge in [0.15, 0.2) is 30.7 Å². The van der Waals surface area contributed by atoms with Gasteiger partial charge in [-0.1, -0.05) is 98.1 Å². The van der Waals surface area contributed by atoms with Crippen LogP contribution in [0.2, 0.25) is 0 Å². The number of thiophene rings is 1. The number of rotatable bonds is 14. The van der Waals surface area contributed by atoms with Gasteiger partial charge in [-0.25, -0.2) is 26.4 Å². The van der Waals surface area contributed by atoms with Crippen LogP contribution in [0.5, 0.6) is 11.5 Å². The van der Waals surface area contributed by atoms with Crippen molar-refractivity contribution >= 4 is 85.7 Å². The minimum absolute atomic E-state index is 0.0134. The lowest BCUT2D eigenvalue weighted by molar-refractivity contribution is -0.237. The highest BCUT2D eigenvalue weighted by atomic mass is 32.2. The zero-order valence-electron chi connectivity index (χ0n) is 52.8. The first-order valence-corrected chi connectivity index (χ1v) is 37.1. The standard InChI is InChI=1S/2C18H23F3O7S.C18H13OS.C18H13S/c2*1-10(2)14(22)28-17-6-11-3-12(7-17)5-16(4-11,9-17)15(23)27-13(18(19,20)21)8-29(24,25)26;1-2-8-14(9-3-1)20-17-12-6-4-10-15(17)19-16-11-5-7-13-18(16)20;1-2-8-14(9-3-1)19-17-12-6-4-10-15(17)16-11-5-7-13-18(16)19/h2*11-13H,1,3-9H2,2H3,(H,24,25,26);1-13H;1-13H/q;;2*+1/p-2. The Balaban J connectivity index is 0.000000133. The Morgan fingerprint density at radius 1 is 0.505 bits per heavy atom. The third kappa shape index (κ3) is 15.8. The molecule has 514 valence electrons. The molecule has 6 atom stereocenters. The molecule has 8 bridgehead atoms. The second-order valence-electron chi connectivity index (χ2n) is 26.7. The van der Waals surface area contributed by atoms with Crippen molar-refractivity contribution in [3.05, 3.63) is 182 Å². The van der Waals surface area contributed by atoms with E-state index in [-0.39, 0.29) is 94.7 Å². The van der Waals surface area contributed by atoms with Gasteiger partial charge in [-0.15, -0.1) is 0 Å². The van der Waals surface area contributed by atoms with Gasteiger partial charge in [-0.3, -0.25) is 9.59 Å². The predicted octanol–water partition coefficient (Wildman–Crippen LogP) is 15.5. The van der Waals surface area contributed by atoms with E-state index in [0.29, 0.717) is 25.7 Å². The summed E-state index contributed by atoms with van der Waals surface area (Å²) in [6.45, 7) is 10.0. The minimum atomic E-state index is -5.27. The van der Waals surface area contributed by atoms with Crippen molar-refractivity contribution in [3.63, 3.8) is 0 Å². The largest absolute Gasteiger partial charge is 0.748 e. The number of halogens is 6. The van der Waals surface area contributed by atoms with Gasteiger partial charge >= 0.3 is 36.2 Å². The fourth-order valence-corrected chi connectivity index (χ4v) is 21.9. The van der Waals surface area contributed by atoms with Crippen molar-refractivity contribution in [3.8, 4) is 16.4 Å². The van der Waals surface area contributed by atoms with Crippen molar-refractivity contribution in [2.24, 2.45) is 34.5 Å². The Morgan fingerprint density at radius 2 is 0.835 bits per heavy atom. The van der Waals surface area contributed by atoms with Crippen molar-refractivity contribution in [2.45, 2.75) is 141 Å². The van der Waals surface area contributed by atoms with Crippen LogP contribution < -0.4 is 4.74 Å². The lowest BCUT2D eigenvalue weighted by Crippen LogP contribution is -2.60. The second kappa shape index (κ2) is 27.3. The van der Waals surface area contributed by atoms with Crippen molar-refractivity contribution in [1.82, 2.24) is 0 Å². The molecule has 1 aliphatic heterocycles. The van der Waals surface area contributed by atoms with Gasteiger partial charge in [0, 0.05) is 45.2 Å². The van der Waals surface area contributed by atoms with Crippen LogP contribution in [0, 0.1) is 34.5 Å². The monoisotopic (exact) mass is 1420 g/mol. The Kier molecular flexibility index (Phi) is 19.9. The van der Waals surface area contributed by atoms with Crippen molar-refractivity contribution in [2.75, 3.05) is 11.5 Å². The van der Waals surface area contributed by atoms with E-state index in [1.54, 1.807) is 0 Å². The molecule has 0 radical (unpaired) electrons. The quantitative estimate of drug-likeness (QED) is 0.0246. The van der Waals surface area contributed by atoms with Gasteiger partial charge < -0.3 is 32.8 Å². The number of carbonyl (C=O) groups excluding carboxylic acids is 4. The first-order valence-electron chi connectivity index (χ1n) is 31.5. The Hall–Kier alpha value is -7.55. The number of ether oxygens (including phenoxy) is 5. The maximum atomic E-state index is 13.2. The molecule has 16 rings (SSSR count). The lowest BCUT2D eigenvalue weighted by Gasteiger charge is -2.59. The van der Waals surface area contributed by atoms with Crippen LogP contribution in [-0.2, 0) is 69.3 Å². The topological polar surface area (TPSA) is 229 Å². The maximum absolute atomic E-state index is 13.2. The molecule has 8 aliphatic carbocycles. The van der Waals surface area contributed by atoms with Gasteiger partial charge in [0.25, 0.3) is 0 Å². The van der Waals surface area contributed by atoms with E-state index >= 15 is 0 Å². The van der Waals surface area contributed by atoms with E-state index in [0.717, 1.165) is 24.3 Å². The third-order valence-electron chi connectivity index (χ3n) is 19.0. The number of para-hydroxylation sites is 2. The average Bonchev–Trinajstić information content (AvgIpc) is 0.914. The fourth-order valence-electron chi connectivity index (χ4n) is 16.0. The molecule has 1 aromatic heterocycles. The summed E-state index contributed by atoms with van der Waals surface area (Å²) >= 11 is 0. The number of hydrogen-bond acceptors (Lipinski definition) is 15. The van der Waals surface area contributed by atoms with E-state index in [1.165, 1.54) is 53.6 Å². The second-order valence-corrected chi connectivity index (χ2v) is 33.6. The number of alkyl halides is 6. The van der Waals surface area contributed by atoms with Crippen LogP contribution in [0.1, 0.15) is 90.9 Å². The Bertz CT molecular complexity index is 4140. The van der Waals surface area contributed by atoms with Gasteiger partial charge in [0.05, 0.1) is 42.6 Å². The predicted molar refractivity (Wildman–Crippen MR) is 349 cm³/mol. The highest BCUT2D eigenvalue weighted by Crippen LogP contribution is 2.65. The molecule has 8 fully saturated rings. The van der Waals surface area contributed by atoms with E-state index in [9.17, 15) is 71.5 Å². The highest BCUT2D eigenvalue weighted by molar-refractivity contribution is 7.97. The number of hydrogen-bond donors (Lipinski definition) is 0. The van der Waals surface area contributed by atoms with Gasteiger partial charge in [-0.05, 0) is 175 Å². The zero-order valence-corrected chi connectivity index (χ0v) is 56.1. The molecule has 15 nitrogen and oxygen atoms in total. The molecule has 6 unspecified atom stereocenters. The Morgan fingerprint density at radius 3 is 1.19 bits per heavy atom. The highest BCUT2D eigenvalue weighted by Gasteiger charge is 2.66. The maximum Gasteiger partial charge on any atom is 0.426 e. The summed E-state index contributed by atoms with van der Waals surface area (Å²) in [5, 5.41) is 2.79. The summed E-state index contributed by atoms with van der Waals surface area (Å²) in [5.74, 6) is -5.50. The molecule has 0 saturated heterocycles. The van der Waals surface area contributed by atoms with Gasteiger partial charge in [-0.2, -0.15) is 26.3 Å². The van der Waals surface area contributed by atoms with E-state index in [1.807, 2.05) is 24.3 Å². The summed E-state index contributed by atoms with van der Waals surface area (Å²) in [7, 11) is -10.6. The Labute approximate surface area is 563 Å². The van der Waals surface area contributed by atoms with E-state index in [2.05, 4.69) is 156 Å². The van der Waals surface area contributed by atoms with Gasteiger partial charge in [0.1, 0.15) is 22.1 Å². The smallest absolute Gasteiger partial charge is 0.426 e. The van der Waals surface area contributed by atoms with Crippen molar-refractivity contribution in [1.29, 1.82) is 0 Å². The van der Waals surface area contributed by atoms with Crippen molar-refractivity contribution < 1.29 is 95.1 Å². The summed E-state index contributed by atoms with van der Waals surface area (Å²) in [6.07, 6.45) is -11.7. The molecule has 0 amide bonds. The summed E-state index contributed by atoms with van der Waals surface area (Å²) in [5.41, 5.74) is -4.19. The number of fused-ring (bicyclic) bond motifs is 5. The molecule has 6 aromatic carbocycles. The fraction of sp³-hybridized carbons (Fsp3) is 0.389. The molecule has 0 spiro atoms. The minimum Gasteiger partial charge on any atom is -0.748 e. The van der Waals surface area contributed by atoms with E-state index < -0.39 is 102 Å². The molecular formula is C72H70F6O15S4. The van der Waals surface area contributed by atoms with Crippen LogP contribution in [0.25, 0.3) is 25.1 Å². The summed E-state index contributed by atoms with van der Waals surface area (Å²) < 4.78 is 173. The number of benzene rings is 6. The molecule has 7 aromatic rings. The zero-order chi connectivity index (χ0) is 69.7. The molecule has 2 heterocycles. The lowest BCUT2D eigenvalue weighted by atomic mass is 9.48. The molecule has 97 heavy (non-hydrogen) atoms. The molecule has 0 N–H and O–H groups in total. The SMILES string of the molecule is C=C(C)C(=O)OC12CC3CC(C1)CC(C(=O)OC(CS(=O)(=O)[O-])C(F)(F)F)(C3)C2.C=C(C)C(=O)OC12CC3CC(C1)CC(C(=O)OC(CS(=O)(=O)[O-])C(F)(F)F)(C3)C2.c1ccc(-[s+]2c3ccccc3c3ccccc32)cc1.c1ccc([S+]2c3ccccc3Oc3ccccc32)cc1. The summed E-state index contributed by atoms with van der Waals surface area (Å²) in [6, 6.07) is 55.7. The first-order chi connectivity index (χ1) is 45.6. The molecule has 8 saturated carbocycles. The number of esters is 4. The molecule has 25 heteroatoms. The van der Waals surface area contributed by atoms with Gasteiger partial charge in [0.2, 0.25) is 22.0 Å². The van der Waals surface area contributed by atoms with Crippen LogP contribution >= 0.6 is 10.5 Å². The molecule has 9 aliphatic rings.